The molecule has 0 saturated heterocycles. The largest absolute Gasteiger partial charge is 0.421 e. The molecule has 0 spiro atoms. The molecule has 0 radical (unpaired) electrons. The van der Waals surface area contributed by atoms with Crippen LogP contribution in [0.4, 0.5) is 18.9 Å². The topological polar surface area (TPSA) is 45.5 Å². The number of aryl methyl sites for hydroxylation is 1. The van der Waals surface area contributed by atoms with Crippen molar-refractivity contribution in [2.75, 3.05) is 0 Å². The molecule has 1 heterocycles. The van der Waals surface area contributed by atoms with E-state index in [1.807, 2.05) is 37.3 Å². The van der Waals surface area contributed by atoms with Gasteiger partial charge in [0.1, 0.15) is 0 Å². The Balaban J connectivity index is 1.58. The lowest BCUT2D eigenvalue weighted by molar-refractivity contribution is -0.266. The summed E-state index contributed by atoms with van der Waals surface area (Å²) in [5.41, 5.74) is 0.546. The molecule has 0 aliphatic heterocycles. The Hall–Kier alpha value is -3.25. The van der Waals surface area contributed by atoms with E-state index < -0.39 is 18.2 Å². The fourth-order valence-corrected chi connectivity index (χ4v) is 3.66. The van der Waals surface area contributed by atoms with Crippen LogP contribution in [0.3, 0.4) is 0 Å². The number of pyridine rings is 1. The highest BCUT2D eigenvalue weighted by Crippen LogP contribution is 2.44. The molecule has 0 bridgehead atoms. The van der Waals surface area contributed by atoms with Crippen molar-refractivity contribution in [2.45, 2.75) is 31.5 Å². The molecule has 4 rings (SSSR count). The van der Waals surface area contributed by atoms with Crippen molar-refractivity contribution in [1.82, 2.24) is 4.98 Å². The number of benzene rings is 2. The Kier molecular flexibility index (Phi) is 5.50. The standard InChI is InChI=1S/C25H21F3N2O/c1-17-10-15-21-22(29-17)8-5-9-23(21)30-20-13-11-18(12-14-20)16-24(31,25(26,27)28)19-6-3-2-4-7-19/h2-13,15,31H,14,16H2,1H3. The molecule has 1 aliphatic carbocycles. The third-order valence-electron chi connectivity index (χ3n) is 5.36. The highest BCUT2D eigenvalue weighted by molar-refractivity contribution is 6.02. The van der Waals surface area contributed by atoms with E-state index in [9.17, 15) is 18.3 Å². The van der Waals surface area contributed by atoms with Gasteiger partial charge in [0.2, 0.25) is 0 Å². The summed E-state index contributed by atoms with van der Waals surface area (Å²) in [5, 5.41) is 11.5. The number of hydrogen-bond acceptors (Lipinski definition) is 3. The van der Waals surface area contributed by atoms with Crippen molar-refractivity contribution in [3.63, 3.8) is 0 Å². The van der Waals surface area contributed by atoms with Crippen LogP contribution in [-0.4, -0.2) is 22.0 Å². The van der Waals surface area contributed by atoms with Crippen LogP contribution in [0.1, 0.15) is 24.1 Å². The number of fused-ring (bicyclic) bond motifs is 1. The van der Waals surface area contributed by atoms with Crippen molar-refractivity contribution >= 4 is 22.3 Å². The van der Waals surface area contributed by atoms with Gasteiger partial charge in [0.15, 0.2) is 5.60 Å². The SMILES string of the molecule is Cc1ccc2c(N=C3C=CC(CC(O)(c4ccccc4)C(F)(F)F)=CC3)cccc2n1. The van der Waals surface area contributed by atoms with Gasteiger partial charge in [0, 0.05) is 29.6 Å². The second-order valence-corrected chi connectivity index (χ2v) is 7.62. The smallest absolute Gasteiger partial charge is 0.376 e. The van der Waals surface area contributed by atoms with Crippen LogP contribution in [0.25, 0.3) is 10.9 Å². The van der Waals surface area contributed by atoms with Gasteiger partial charge in [-0.05, 0) is 48.4 Å². The van der Waals surface area contributed by atoms with Gasteiger partial charge < -0.3 is 5.11 Å². The number of alkyl halides is 3. The van der Waals surface area contributed by atoms with Gasteiger partial charge >= 0.3 is 6.18 Å². The quantitative estimate of drug-likeness (QED) is 0.533. The summed E-state index contributed by atoms with van der Waals surface area (Å²) in [6.45, 7) is 1.92. The van der Waals surface area contributed by atoms with E-state index in [4.69, 9.17) is 0 Å². The Morgan fingerprint density at radius 1 is 0.968 bits per heavy atom. The average Bonchev–Trinajstić information content (AvgIpc) is 2.75. The van der Waals surface area contributed by atoms with Gasteiger partial charge in [-0.1, -0.05) is 48.6 Å². The zero-order valence-electron chi connectivity index (χ0n) is 16.9. The van der Waals surface area contributed by atoms with Crippen molar-refractivity contribution in [2.24, 2.45) is 4.99 Å². The van der Waals surface area contributed by atoms with Crippen molar-refractivity contribution < 1.29 is 18.3 Å². The van der Waals surface area contributed by atoms with Crippen molar-refractivity contribution in [3.8, 4) is 0 Å². The summed E-state index contributed by atoms with van der Waals surface area (Å²) in [6.07, 6.45) is 0.0105. The van der Waals surface area contributed by atoms with Crippen LogP contribution in [0.2, 0.25) is 0 Å². The zero-order valence-corrected chi connectivity index (χ0v) is 16.9. The normalized spacial score (nSPS) is 17.6. The maximum Gasteiger partial charge on any atom is 0.421 e. The molecule has 3 aromatic rings. The highest BCUT2D eigenvalue weighted by atomic mass is 19.4. The van der Waals surface area contributed by atoms with E-state index in [1.165, 1.54) is 24.3 Å². The molecular formula is C25H21F3N2O. The molecule has 1 aromatic heterocycles. The van der Waals surface area contributed by atoms with Crippen LogP contribution >= 0.6 is 0 Å². The van der Waals surface area contributed by atoms with Gasteiger partial charge in [0.25, 0.3) is 0 Å². The molecule has 31 heavy (non-hydrogen) atoms. The van der Waals surface area contributed by atoms with Gasteiger partial charge in [-0.2, -0.15) is 13.2 Å². The van der Waals surface area contributed by atoms with Crippen molar-refractivity contribution in [3.05, 3.63) is 95.7 Å². The van der Waals surface area contributed by atoms with E-state index in [-0.39, 0.29) is 5.56 Å². The molecule has 1 N–H and O–H groups in total. The number of halogens is 3. The molecule has 158 valence electrons. The van der Waals surface area contributed by atoms with E-state index in [2.05, 4.69) is 9.98 Å². The molecule has 6 heteroatoms. The fourth-order valence-electron chi connectivity index (χ4n) is 3.66. The van der Waals surface area contributed by atoms with E-state index >= 15 is 0 Å². The summed E-state index contributed by atoms with van der Waals surface area (Å²) in [4.78, 5) is 9.17. The zero-order chi connectivity index (χ0) is 22.1. The first kappa shape index (κ1) is 21.0. The molecule has 0 amide bonds. The van der Waals surface area contributed by atoms with Crippen LogP contribution in [0.15, 0.2) is 89.5 Å². The number of aromatic nitrogens is 1. The summed E-state index contributed by atoms with van der Waals surface area (Å²) in [5.74, 6) is 0. The Labute approximate surface area is 178 Å². The number of rotatable bonds is 4. The second-order valence-electron chi connectivity index (χ2n) is 7.62. The van der Waals surface area contributed by atoms with E-state index in [0.29, 0.717) is 12.0 Å². The van der Waals surface area contributed by atoms with Gasteiger partial charge in [-0.3, -0.25) is 9.98 Å². The van der Waals surface area contributed by atoms with E-state index in [1.54, 1.807) is 24.3 Å². The van der Waals surface area contributed by atoms with E-state index in [0.717, 1.165) is 28.0 Å². The third-order valence-corrected chi connectivity index (χ3v) is 5.36. The molecule has 1 aliphatic rings. The number of allylic oxidation sites excluding steroid dienone is 3. The average molecular weight is 422 g/mol. The maximum atomic E-state index is 13.8. The van der Waals surface area contributed by atoms with Crippen LogP contribution < -0.4 is 0 Å². The fraction of sp³-hybridized carbons (Fsp3) is 0.200. The lowest BCUT2D eigenvalue weighted by Crippen LogP contribution is -2.42. The van der Waals surface area contributed by atoms with Gasteiger partial charge in [-0.25, -0.2) is 0 Å². The lowest BCUT2D eigenvalue weighted by atomic mass is 9.85. The maximum absolute atomic E-state index is 13.8. The summed E-state index contributed by atoms with van der Waals surface area (Å²) in [6, 6.07) is 16.8. The minimum absolute atomic E-state index is 0.171. The summed E-state index contributed by atoms with van der Waals surface area (Å²) in [7, 11) is 0. The number of aliphatic imine (C=N–C) groups is 1. The highest BCUT2D eigenvalue weighted by Gasteiger charge is 2.54. The minimum atomic E-state index is -4.80. The first-order chi connectivity index (χ1) is 14.8. The molecule has 1 atom stereocenters. The third kappa shape index (κ3) is 4.30. The van der Waals surface area contributed by atoms with Crippen LogP contribution in [-0.2, 0) is 5.60 Å². The van der Waals surface area contributed by atoms with Crippen molar-refractivity contribution in [1.29, 1.82) is 0 Å². The number of aliphatic hydroxyl groups is 1. The lowest BCUT2D eigenvalue weighted by Gasteiger charge is -2.32. The number of hydrogen-bond donors (Lipinski definition) is 1. The Morgan fingerprint density at radius 3 is 2.42 bits per heavy atom. The first-order valence-corrected chi connectivity index (χ1v) is 9.92. The first-order valence-electron chi connectivity index (χ1n) is 9.92. The second kappa shape index (κ2) is 8.12. The molecule has 0 saturated carbocycles. The summed E-state index contributed by atoms with van der Waals surface area (Å²) < 4.78 is 41.3. The molecule has 2 aromatic carbocycles. The summed E-state index contributed by atoms with van der Waals surface area (Å²) >= 11 is 0. The molecule has 0 fully saturated rings. The minimum Gasteiger partial charge on any atom is -0.376 e. The predicted molar refractivity (Wildman–Crippen MR) is 116 cm³/mol. The molecule has 3 nitrogen and oxygen atoms in total. The predicted octanol–water partition coefficient (Wildman–Crippen LogP) is 6.34. The number of nitrogens with zero attached hydrogens (tertiary/aromatic N) is 2. The van der Waals surface area contributed by atoms with Crippen LogP contribution in [0, 0.1) is 6.92 Å². The van der Waals surface area contributed by atoms with Crippen LogP contribution in [0.5, 0.6) is 0 Å². The molecular weight excluding hydrogens is 401 g/mol. The van der Waals surface area contributed by atoms with Gasteiger partial charge in [0.05, 0.1) is 11.2 Å². The van der Waals surface area contributed by atoms with Gasteiger partial charge in [-0.15, -0.1) is 0 Å². The molecule has 1 unspecified atom stereocenters. The Bertz CT molecular complexity index is 1200. The monoisotopic (exact) mass is 422 g/mol. The Morgan fingerprint density at radius 2 is 1.74 bits per heavy atom.